The molecule has 0 bridgehead atoms. The molecule has 0 radical (unpaired) electrons. The van der Waals surface area contributed by atoms with Crippen LogP contribution in [0.4, 0.5) is 0 Å². The molecule has 14 heavy (non-hydrogen) atoms. The van der Waals surface area contributed by atoms with Gasteiger partial charge in [0.2, 0.25) is 0 Å². The van der Waals surface area contributed by atoms with Gasteiger partial charge in [-0.15, -0.1) is 0 Å². The molecule has 0 aromatic heterocycles. The molecule has 1 aromatic rings. The minimum atomic E-state index is 0.156. The van der Waals surface area contributed by atoms with Crippen molar-refractivity contribution in [3.8, 4) is 0 Å². The highest BCUT2D eigenvalue weighted by Crippen LogP contribution is 2.40. The molecule has 0 aliphatic rings. The van der Waals surface area contributed by atoms with Gasteiger partial charge in [0.1, 0.15) is 0 Å². The Morgan fingerprint density at radius 2 is 2.00 bits per heavy atom. The van der Waals surface area contributed by atoms with E-state index in [1.54, 1.807) is 0 Å². The lowest BCUT2D eigenvalue weighted by Gasteiger charge is -2.27. The first-order valence-electron chi connectivity index (χ1n) is 4.97. The summed E-state index contributed by atoms with van der Waals surface area (Å²) in [6.45, 7) is 6.08. The second kappa shape index (κ2) is 4.81. The largest absolute Gasteiger partial charge is 0.0895 e. The molecule has 1 unspecified atom stereocenters. The number of rotatable bonds is 4. The molecule has 0 heterocycles. The maximum absolute atomic E-state index is 6.08. The Labute approximate surface area is 94.4 Å². The third kappa shape index (κ3) is 2.73. The molecule has 76 valence electrons. The van der Waals surface area contributed by atoms with Crippen LogP contribution >= 0.6 is 11.6 Å². The van der Waals surface area contributed by atoms with E-state index in [-0.39, 0.29) is 5.04 Å². The number of halogens is 1. The van der Waals surface area contributed by atoms with E-state index < -0.39 is 0 Å². The SMILES string of the molecule is C=C(Cl)C([SiH3])(CC)Cc1ccccc1. The van der Waals surface area contributed by atoms with Crippen LogP contribution in [0.15, 0.2) is 41.9 Å². The van der Waals surface area contributed by atoms with Gasteiger partial charge in [-0.2, -0.15) is 0 Å². The zero-order chi connectivity index (χ0) is 10.6. The van der Waals surface area contributed by atoms with Crippen LogP contribution < -0.4 is 0 Å². The predicted molar refractivity (Wildman–Crippen MR) is 68.1 cm³/mol. The van der Waals surface area contributed by atoms with Crippen LogP contribution in [-0.2, 0) is 6.42 Å². The average molecular weight is 225 g/mol. The molecule has 0 N–H and O–H groups in total. The summed E-state index contributed by atoms with van der Waals surface area (Å²) in [5, 5.41) is 0.971. The molecular formula is C12H17ClSi. The molecular weight excluding hydrogens is 208 g/mol. The molecule has 0 nitrogen and oxygen atoms in total. The molecule has 0 saturated carbocycles. The van der Waals surface area contributed by atoms with Crippen molar-refractivity contribution in [1.82, 2.24) is 0 Å². The minimum absolute atomic E-state index is 0.156. The molecule has 0 aliphatic carbocycles. The normalized spacial score (nSPS) is 15.0. The van der Waals surface area contributed by atoms with Crippen molar-refractivity contribution >= 4 is 21.8 Å². The van der Waals surface area contributed by atoms with E-state index in [1.165, 1.54) is 5.56 Å². The molecule has 0 fully saturated rings. The minimum Gasteiger partial charge on any atom is -0.0895 e. The number of hydrogen-bond acceptors (Lipinski definition) is 0. The van der Waals surface area contributed by atoms with Gasteiger partial charge in [0.25, 0.3) is 0 Å². The van der Waals surface area contributed by atoms with Crippen molar-refractivity contribution in [2.45, 2.75) is 24.8 Å². The summed E-state index contributed by atoms with van der Waals surface area (Å²) in [5.41, 5.74) is 1.35. The van der Waals surface area contributed by atoms with Crippen LogP contribution in [0.3, 0.4) is 0 Å². The van der Waals surface area contributed by atoms with E-state index >= 15 is 0 Å². The first-order chi connectivity index (χ1) is 6.58. The first kappa shape index (κ1) is 11.5. The lowest BCUT2D eigenvalue weighted by atomic mass is 9.95. The summed E-state index contributed by atoms with van der Waals surface area (Å²) >= 11 is 6.08. The Bertz CT molecular complexity index is 307. The Balaban J connectivity index is 2.81. The maximum atomic E-state index is 6.08. The standard InChI is InChI=1S/C12H17ClSi/c1-3-12(14,10(2)13)9-11-7-5-4-6-8-11/h4-8H,2-3,9H2,1,14H3. The Morgan fingerprint density at radius 3 is 2.43 bits per heavy atom. The van der Waals surface area contributed by atoms with Gasteiger partial charge in [0.15, 0.2) is 0 Å². The average Bonchev–Trinajstić information content (AvgIpc) is 2.19. The molecule has 0 amide bonds. The maximum Gasteiger partial charge on any atom is 0.0177 e. The first-order valence-corrected chi connectivity index (χ1v) is 6.35. The summed E-state index contributed by atoms with van der Waals surface area (Å²) in [4.78, 5) is 0. The highest BCUT2D eigenvalue weighted by atomic mass is 35.5. The Morgan fingerprint density at radius 1 is 1.43 bits per heavy atom. The van der Waals surface area contributed by atoms with E-state index in [2.05, 4.69) is 37.8 Å². The van der Waals surface area contributed by atoms with Gasteiger partial charge < -0.3 is 0 Å². The zero-order valence-electron chi connectivity index (χ0n) is 8.89. The van der Waals surface area contributed by atoms with Gasteiger partial charge in [0.05, 0.1) is 0 Å². The second-order valence-electron chi connectivity index (χ2n) is 3.98. The molecule has 2 heteroatoms. The predicted octanol–water partition coefficient (Wildman–Crippen LogP) is 2.92. The summed E-state index contributed by atoms with van der Waals surface area (Å²) in [6.07, 6.45) is 2.11. The van der Waals surface area contributed by atoms with Crippen LogP contribution in [0, 0.1) is 0 Å². The van der Waals surface area contributed by atoms with Gasteiger partial charge in [-0.1, -0.05) is 55.4 Å². The molecule has 0 aliphatic heterocycles. The Hall–Kier alpha value is -0.533. The van der Waals surface area contributed by atoms with Gasteiger partial charge >= 0.3 is 0 Å². The van der Waals surface area contributed by atoms with E-state index in [0.717, 1.165) is 28.1 Å². The Kier molecular flexibility index (Phi) is 3.96. The fourth-order valence-corrected chi connectivity index (χ4v) is 2.07. The quantitative estimate of drug-likeness (QED) is 0.690. The number of allylic oxidation sites excluding steroid dienone is 1. The topological polar surface area (TPSA) is 0 Å². The lowest BCUT2D eigenvalue weighted by molar-refractivity contribution is 0.641. The molecule has 0 saturated heterocycles. The molecule has 1 aromatic carbocycles. The van der Waals surface area contributed by atoms with Crippen LogP contribution in [-0.4, -0.2) is 10.2 Å². The highest BCUT2D eigenvalue weighted by molar-refractivity contribution is 6.36. The smallest absolute Gasteiger partial charge is 0.0177 e. The van der Waals surface area contributed by atoms with E-state index in [9.17, 15) is 0 Å². The zero-order valence-corrected chi connectivity index (χ0v) is 11.6. The summed E-state index contributed by atoms with van der Waals surface area (Å²) in [5.74, 6) is 0. The summed E-state index contributed by atoms with van der Waals surface area (Å²) in [6, 6.07) is 10.5. The summed E-state index contributed by atoms with van der Waals surface area (Å²) < 4.78 is 0. The van der Waals surface area contributed by atoms with E-state index in [4.69, 9.17) is 11.6 Å². The number of benzene rings is 1. The van der Waals surface area contributed by atoms with Crippen LogP contribution in [0.2, 0.25) is 5.04 Å². The number of hydrogen-bond donors (Lipinski definition) is 0. The van der Waals surface area contributed by atoms with Crippen molar-refractivity contribution in [3.63, 3.8) is 0 Å². The molecule has 1 atom stereocenters. The van der Waals surface area contributed by atoms with E-state index in [0.29, 0.717) is 0 Å². The van der Waals surface area contributed by atoms with Gasteiger partial charge in [-0.25, -0.2) is 0 Å². The molecule has 0 spiro atoms. The van der Waals surface area contributed by atoms with Crippen molar-refractivity contribution in [1.29, 1.82) is 0 Å². The third-order valence-corrected chi connectivity index (χ3v) is 5.31. The van der Waals surface area contributed by atoms with Crippen molar-refractivity contribution in [2.24, 2.45) is 0 Å². The second-order valence-corrected chi connectivity index (χ2v) is 6.35. The fourth-order valence-electron chi connectivity index (χ4n) is 1.46. The van der Waals surface area contributed by atoms with Gasteiger partial charge in [-0.05, 0) is 23.4 Å². The van der Waals surface area contributed by atoms with Crippen molar-refractivity contribution in [2.75, 3.05) is 0 Å². The van der Waals surface area contributed by atoms with Crippen molar-refractivity contribution < 1.29 is 0 Å². The fraction of sp³-hybridized carbons (Fsp3) is 0.333. The van der Waals surface area contributed by atoms with Crippen LogP contribution in [0.1, 0.15) is 18.9 Å². The third-order valence-electron chi connectivity index (χ3n) is 2.87. The highest BCUT2D eigenvalue weighted by Gasteiger charge is 2.24. The van der Waals surface area contributed by atoms with Gasteiger partial charge in [0, 0.05) is 15.3 Å². The monoisotopic (exact) mass is 224 g/mol. The lowest BCUT2D eigenvalue weighted by Crippen LogP contribution is -2.15. The van der Waals surface area contributed by atoms with Crippen LogP contribution in [0.25, 0.3) is 0 Å². The van der Waals surface area contributed by atoms with Crippen molar-refractivity contribution in [3.05, 3.63) is 47.5 Å². The van der Waals surface area contributed by atoms with Crippen LogP contribution in [0.5, 0.6) is 0 Å². The molecule has 1 rings (SSSR count). The van der Waals surface area contributed by atoms with E-state index in [1.807, 2.05) is 6.07 Å². The van der Waals surface area contributed by atoms with Gasteiger partial charge in [-0.3, -0.25) is 0 Å². The summed E-state index contributed by atoms with van der Waals surface area (Å²) in [7, 11) is 1.06.